The van der Waals surface area contributed by atoms with Crippen molar-refractivity contribution in [2.75, 3.05) is 33.3 Å². The highest BCUT2D eigenvalue weighted by molar-refractivity contribution is 7.86. The first-order valence-electron chi connectivity index (χ1n) is 5.04. The third-order valence-corrected chi connectivity index (χ3v) is 3.94. The van der Waals surface area contributed by atoms with Crippen molar-refractivity contribution in [3.63, 3.8) is 0 Å². The predicted octanol–water partition coefficient (Wildman–Crippen LogP) is 0.219. The summed E-state index contributed by atoms with van der Waals surface area (Å²) in [7, 11) is -1.99. The van der Waals surface area contributed by atoms with Crippen LogP contribution in [0.4, 0.5) is 0 Å². The van der Waals surface area contributed by atoms with Gasteiger partial charge in [0.05, 0.1) is 0 Å². The summed E-state index contributed by atoms with van der Waals surface area (Å²) in [4.78, 5) is 0. The van der Waals surface area contributed by atoms with E-state index in [2.05, 4.69) is 13.2 Å². The monoisotopic (exact) mass is 248 g/mol. The summed E-state index contributed by atoms with van der Waals surface area (Å²) in [6.45, 7) is 7.80. The van der Waals surface area contributed by atoms with Crippen LogP contribution < -0.4 is 0 Å². The predicted molar refractivity (Wildman–Crippen MR) is 65.2 cm³/mol. The van der Waals surface area contributed by atoms with Gasteiger partial charge >= 0.3 is 0 Å². The van der Waals surface area contributed by atoms with Crippen LogP contribution in [0.3, 0.4) is 0 Å². The number of hydrogen-bond acceptors (Lipinski definition) is 3. The van der Waals surface area contributed by atoms with E-state index in [1.807, 2.05) is 0 Å². The highest BCUT2D eigenvalue weighted by atomic mass is 32.2. The molecule has 0 fully saturated rings. The molecule has 0 atom stereocenters. The smallest absolute Gasteiger partial charge is 0.282 e. The fourth-order valence-electron chi connectivity index (χ4n) is 1.16. The van der Waals surface area contributed by atoms with Crippen LogP contribution in [-0.4, -0.2) is 55.4 Å². The Bertz CT molecular complexity index is 304. The Morgan fingerprint density at radius 2 is 1.75 bits per heavy atom. The minimum Gasteiger partial charge on any atom is -0.396 e. The number of aliphatic hydroxyl groups excluding tert-OH is 1. The molecule has 1 N–H and O–H groups in total. The third kappa shape index (κ3) is 4.44. The van der Waals surface area contributed by atoms with Gasteiger partial charge in [-0.3, -0.25) is 0 Å². The van der Waals surface area contributed by atoms with Gasteiger partial charge in [-0.1, -0.05) is 12.2 Å². The van der Waals surface area contributed by atoms with Crippen LogP contribution in [0.5, 0.6) is 0 Å². The Balaban J connectivity index is 4.68. The van der Waals surface area contributed by atoms with E-state index in [9.17, 15) is 8.42 Å². The molecular weight excluding hydrogens is 228 g/mol. The maximum Gasteiger partial charge on any atom is 0.282 e. The molecule has 0 amide bonds. The van der Waals surface area contributed by atoms with Gasteiger partial charge in [0.1, 0.15) is 0 Å². The van der Waals surface area contributed by atoms with Crippen LogP contribution in [-0.2, 0) is 10.2 Å². The molecule has 0 aliphatic carbocycles. The second kappa shape index (κ2) is 7.56. The van der Waals surface area contributed by atoms with Gasteiger partial charge in [-0.15, -0.1) is 13.2 Å². The summed E-state index contributed by atoms with van der Waals surface area (Å²) in [5.74, 6) is 0. The zero-order chi connectivity index (χ0) is 12.6. The Kier molecular flexibility index (Phi) is 7.24. The molecule has 0 aromatic heterocycles. The first-order chi connectivity index (χ1) is 7.50. The molecule has 0 aliphatic heterocycles. The van der Waals surface area contributed by atoms with Crippen molar-refractivity contribution in [3.05, 3.63) is 25.3 Å². The molecule has 0 saturated heterocycles. The van der Waals surface area contributed by atoms with Crippen LogP contribution in [0, 0.1) is 0 Å². The summed E-state index contributed by atoms with van der Waals surface area (Å²) in [6.07, 6.45) is 3.48. The summed E-state index contributed by atoms with van der Waals surface area (Å²) >= 11 is 0. The van der Waals surface area contributed by atoms with Gasteiger partial charge in [0.15, 0.2) is 0 Å². The molecule has 0 bridgehead atoms. The largest absolute Gasteiger partial charge is 0.396 e. The Morgan fingerprint density at radius 1 is 1.25 bits per heavy atom. The molecule has 0 unspecified atom stereocenters. The highest BCUT2D eigenvalue weighted by Crippen LogP contribution is 2.07. The standard InChI is InChI=1S/C10H20N2O3S/c1-4-7-12(8-5-2)16(14,15)11(3)9-6-10-13/h4-5,13H,1-2,6-10H2,3H3. The molecule has 0 heterocycles. The molecule has 0 aromatic carbocycles. The zero-order valence-corrected chi connectivity index (χ0v) is 10.5. The number of hydrogen-bond donors (Lipinski definition) is 1. The lowest BCUT2D eigenvalue weighted by Gasteiger charge is -2.25. The number of nitrogens with zero attached hydrogens (tertiary/aromatic N) is 2. The van der Waals surface area contributed by atoms with Gasteiger partial charge < -0.3 is 5.11 Å². The lowest BCUT2D eigenvalue weighted by molar-refractivity contribution is 0.272. The first-order valence-corrected chi connectivity index (χ1v) is 6.44. The Hall–Kier alpha value is -0.690. The van der Waals surface area contributed by atoms with Crippen LogP contribution in [0.2, 0.25) is 0 Å². The minimum absolute atomic E-state index is 0.0250. The van der Waals surface area contributed by atoms with E-state index in [-0.39, 0.29) is 19.7 Å². The second-order valence-corrected chi connectivity index (χ2v) is 5.34. The average Bonchev–Trinajstić information content (AvgIpc) is 2.25. The second-order valence-electron chi connectivity index (χ2n) is 3.30. The van der Waals surface area contributed by atoms with Crippen molar-refractivity contribution in [1.82, 2.24) is 8.61 Å². The molecular formula is C10H20N2O3S. The van der Waals surface area contributed by atoms with Gasteiger partial charge in [-0.2, -0.15) is 17.0 Å². The SMILES string of the molecule is C=CCN(CC=C)S(=O)(=O)N(C)CCCO. The van der Waals surface area contributed by atoms with Crippen LogP contribution in [0.15, 0.2) is 25.3 Å². The van der Waals surface area contributed by atoms with Crippen molar-refractivity contribution in [1.29, 1.82) is 0 Å². The lowest BCUT2D eigenvalue weighted by atomic mass is 10.5. The van der Waals surface area contributed by atoms with Crippen molar-refractivity contribution in [3.8, 4) is 0 Å². The molecule has 0 rings (SSSR count). The number of rotatable bonds is 9. The molecule has 0 aliphatic rings. The first kappa shape index (κ1) is 15.3. The molecule has 0 spiro atoms. The quantitative estimate of drug-likeness (QED) is 0.594. The van der Waals surface area contributed by atoms with E-state index >= 15 is 0 Å². The summed E-state index contributed by atoms with van der Waals surface area (Å²) in [5, 5.41) is 8.66. The minimum atomic E-state index is -3.48. The fraction of sp³-hybridized carbons (Fsp3) is 0.600. The molecule has 16 heavy (non-hydrogen) atoms. The van der Waals surface area contributed by atoms with E-state index in [4.69, 9.17) is 5.11 Å². The fourth-order valence-corrected chi connectivity index (χ4v) is 2.50. The molecule has 0 radical (unpaired) electrons. The average molecular weight is 248 g/mol. The topological polar surface area (TPSA) is 60.9 Å². The third-order valence-electron chi connectivity index (χ3n) is 2.02. The van der Waals surface area contributed by atoms with Crippen LogP contribution >= 0.6 is 0 Å². The lowest BCUT2D eigenvalue weighted by Crippen LogP contribution is -2.42. The van der Waals surface area contributed by atoms with Gasteiger partial charge in [-0.05, 0) is 6.42 Å². The van der Waals surface area contributed by atoms with E-state index < -0.39 is 10.2 Å². The molecule has 5 nitrogen and oxygen atoms in total. The Morgan fingerprint density at radius 3 is 2.12 bits per heavy atom. The van der Waals surface area contributed by atoms with Gasteiger partial charge in [0, 0.05) is 33.3 Å². The molecule has 94 valence electrons. The Labute approximate surface area is 97.9 Å². The maximum absolute atomic E-state index is 12.0. The van der Waals surface area contributed by atoms with Crippen molar-refractivity contribution in [2.24, 2.45) is 0 Å². The highest BCUT2D eigenvalue weighted by Gasteiger charge is 2.24. The molecule has 6 heteroatoms. The normalized spacial score (nSPS) is 12.0. The van der Waals surface area contributed by atoms with Gasteiger partial charge in [-0.25, -0.2) is 0 Å². The van der Waals surface area contributed by atoms with Crippen molar-refractivity contribution < 1.29 is 13.5 Å². The number of aliphatic hydroxyl groups is 1. The van der Waals surface area contributed by atoms with E-state index in [1.54, 1.807) is 0 Å². The van der Waals surface area contributed by atoms with Crippen molar-refractivity contribution >= 4 is 10.2 Å². The van der Waals surface area contributed by atoms with E-state index in [1.165, 1.54) is 27.8 Å². The van der Waals surface area contributed by atoms with Crippen LogP contribution in [0.25, 0.3) is 0 Å². The van der Waals surface area contributed by atoms with Crippen molar-refractivity contribution in [2.45, 2.75) is 6.42 Å². The summed E-state index contributed by atoms with van der Waals surface area (Å²) in [6, 6.07) is 0. The molecule has 0 aromatic rings. The zero-order valence-electron chi connectivity index (χ0n) is 9.67. The van der Waals surface area contributed by atoms with Gasteiger partial charge in [0.25, 0.3) is 10.2 Å². The molecule has 0 saturated carbocycles. The van der Waals surface area contributed by atoms with Crippen LogP contribution in [0.1, 0.15) is 6.42 Å². The summed E-state index contributed by atoms with van der Waals surface area (Å²) in [5.41, 5.74) is 0. The van der Waals surface area contributed by atoms with E-state index in [0.29, 0.717) is 13.0 Å². The van der Waals surface area contributed by atoms with Gasteiger partial charge in [0.2, 0.25) is 0 Å². The maximum atomic E-state index is 12.0. The van der Waals surface area contributed by atoms with E-state index in [0.717, 1.165) is 0 Å². The summed E-state index contributed by atoms with van der Waals surface area (Å²) < 4.78 is 26.5.